The number of aromatic amines is 1. The van der Waals surface area contributed by atoms with Gasteiger partial charge in [-0.25, -0.2) is 9.97 Å². The van der Waals surface area contributed by atoms with Crippen molar-refractivity contribution in [3.05, 3.63) is 119 Å². The van der Waals surface area contributed by atoms with Crippen LogP contribution in [0.1, 0.15) is 50.1 Å². The van der Waals surface area contributed by atoms with Gasteiger partial charge in [0.15, 0.2) is 11.2 Å². The van der Waals surface area contributed by atoms with Gasteiger partial charge in [0, 0.05) is 6.42 Å². The van der Waals surface area contributed by atoms with Crippen LogP contribution < -0.4 is 15.0 Å². The highest BCUT2D eigenvalue weighted by atomic mass is 28.3. The van der Waals surface area contributed by atoms with Crippen LogP contribution in [0.2, 0.25) is 11.6 Å². The topological polar surface area (TPSA) is 132 Å². The summed E-state index contributed by atoms with van der Waals surface area (Å²) in [5.74, 6) is 1.34. The van der Waals surface area contributed by atoms with Crippen molar-refractivity contribution in [1.82, 2.24) is 19.5 Å². The van der Waals surface area contributed by atoms with Crippen molar-refractivity contribution in [2.45, 2.75) is 67.9 Å². The van der Waals surface area contributed by atoms with Gasteiger partial charge in [0.2, 0.25) is 0 Å². The molecule has 1 aliphatic heterocycles. The number of ether oxygens (including phenoxy) is 3. The number of H-pyrrole nitrogens is 1. The van der Waals surface area contributed by atoms with Crippen molar-refractivity contribution in [1.29, 1.82) is 0 Å². The number of hydrogen-bond acceptors (Lipinski definition) is 8. The summed E-state index contributed by atoms with van der Waals surface area (Å²) in [6.45, 7) is 8.39. The molecule has 0 bridgehead atoms. The summed E-state index contributed by atoms with van der Waals surface area (Å²) in [5.41, 5.74) is -1.53. The molecule has 1 radical (unpaired) electrons. The molecule has 3 aromatic carbocycles. The molecule has 245 valence electrons. The van der Waals surface area contributed by atoms with E-state index in [2.05, 4.69) is 42.3 Å². The zero-order valence-corrected chi connectivity index (χ0v) is 28.5. The fourth-order valence-corrected chi connectivity index (χ4v) is 8.64. The highest BCUT2D eigenvalue weighted by Crippen LogP contribution is 2.57. The first kappa shape index (κ1) is 32.6. The van der Waals surface area contributed by atoms with E-state index in [9.17, 15) is 15.0 Å². The van der Waals surface area contributed by atoms with E-state index in [1.165, 1.54) is 12.7 Å². The second-order valence-electron chi connectivity index (χ2n) is 13.1. The molecule has 1 fully saturated rings. The molecule has 47 heavy (non-hydrogen) atoms. The number of fused-ring (bicyclic) bond motifs is 1. The SMILES string of the molecule is COc1ccc(C(c2ccccc2)(c2ccc(OC)cc2)[C@]2(O)C[C@H](n3cnc4c(=O)[nH]cnc43)O[C@@H]2C(O)[Si](C)C(C)(C)C)cc1. The number of rotatable bonds is 9. The summed E-state index contributed by atoms with van der Waals surface area (Å²) in [4.78, 5) is 23.9. The largest absolute Gasteiger partial charge is 0.497 e. The maximum atomic E-state index is 13.8. The molecule has 3 heterocycles. The van der Waals surface area contributed by atoms with E-state index in [1.807, 2.05) is 78.9 Å². The molecule has 10 nitrogen and oxygen atoms in total. The van der Waals surface area contributed by atoms with Crippen LogP contribution in [-0.4, -0.2) is 70.2 Å². The number of methoxy groups -OCH3 is 2. The predicted octanol–water partition coefficient (Wildman–Crippen LogP) is 5.01. The van der Waals surface area contributed by atoms with Crippen molar-refractivity contribution in [2.75, 3.05) is 14.2 Å². The van der Waals surface area contributed by atoms with Crippen LogP contribution in [0.25, 0.3) is 11.2 Å². The predicted molar refractivity (Wildman–Crippen MR) is 181 cm³/mol. The van der Waals surface area contributed by atoms with Crippen molar-refractivity contribution < 1.29 is 24.4 Å². The van der Waals surface area contributed by atoms with Gasteiger partial charge in [-0.3, -0.25) is 9.36 Å². The molecule has 0 spiro atoms. The smallest absolute Gasteiger partial charge is 0.278 e. The summed E-state index contributed by atoms with van der Waals surface area (Å²) in [6, 6.07) is 25.2. The molecule has 3 N–H and O–H groups in total. The van der Waals surface area contributed by atoms with E-state index in [1.54, 1.807) is 18.8 Å². The zero-order valence-electron chi connectivity index (χ0n) is 27.5. The Bertz CT molecular complexity index is 1840. The van der Waals surface area contributed by atoms with E-state index >= 15 is 0 Å². The lowest BCUT2D eigenvalue weighted by molar-refractivity contribution is -0.114. The highest BCUT2D eigenvalue weighted by molar-refractivity contribution is 6.62. The van der Waals surface area contributed by atoms with Gasteiger partial charge >= 0.3 is 0 Å². The Kier molecular flexibility index (Phi) is 8.60. The first-order valence-electron chi connectivity index (χ1n) is 15.6. The third kappa shape index (κ3) is 5.37. The minimum absolute atomic E-state index is 0.0426. The number of aliphatic hydroxyl groups is 2. The van der Waals surface area contributed by atoms with Gasteiger partial charge < -0.3 is 29.4 Å². The summed E-state index contributed by atoms with van der Waals surface area (Å²) in [7, 11) is 1.66. The van der Waals surface area contributed by atoms with Crippen molar-refractivity contribution >= 4 is 20.0 Å². The minimum Gasteiger partial charge on any atom is -0.497 e. The summed E-state index contributed by atoms with van der Waals surface area (Å²) in [5, 5.41) is 25.9. The molecule has 4 atom stereocenters. The molecule has 11 heteroatoms. The first-order chi connectivity index (χ1) is 22.4. The first-order valence-corrected chi connectivity index (χ1v) is 17.7. The van der Waals surface area contributed by atoms with Crippen LogP contribution in [-0.2, 0) is 10.2 Å². The Labute approximate surface area is 275 Å². The normalized spacial score (nSPS) is 20.9. The average Bonchev–Trinajstić information content (AvgIpc) is 3.67. The van der Waals surface area contributed by atoms with Crippen LogP contribution in [0, 0.1) is 0 Å². The monoisotopic (exact) mass is 653 g/mol. The fraction of sp³-hybridized carbons (Fsp3) is 0.361. The molecule has 0 aliphatic carbocycles. The molecular formula is C36H41N4O6Si. The van der Waals surface area contributed by atoms with Gasteiger partial charge in [-0.05, 0) is 46.0 Å². The maximum Gasteiger partial charge on any atom is 0.278 e. The highest BCUT2D eigenvalue weighted by Gasteiger charge is 2.65. The number of aliphatic hydroxyl groups excluding tert-OH is 1. The third-order valence-electron chi connectivity index (χ3n) is 9.75. The molecule has 1 unspecified atom stereocenters. The van der Waals surface area contributed by atoms with Crippen LogP contribution in [0.15, 0.2) is 96.3 Å². The summed E-state index contributed by atoms with van der Waals surface area (Å²) >= 11 is 0. The number of benzene rings is 3. The molecule has 1 saturated heterocycles. The van der Waals surface area contributed by atoms with Gasteiger partial charge in [0.05, 0.1) is 46.8 Å². The van der Waals surface area contributed by atoms with E-state index in [-0.39, 0.29) is 22.5 Å². The Morgan fingerprint density at radius 3 is 2.02 bits per heavy atom. The molecule has 6 rings (SSSR count). The van der Waals surface area contributed by atoms with E-state index < -0.39 is 37.9 Å². The van der Waals surface area contributed by atoms with Crippen molar-refractivity contribution in [2.24, 2.45) is 0 Å². The maximum absolute atomic E-state index is 13.8. The minimum atomic E-state index is -1.75. The molecule has 1 aliphatic rings. The van der Waals surface area contributed by atoms with Gasteiger partial charge in [0.1, 0.15) is 29.4 Å². The van der Waals surface area contributed by atoms with Crippen LogP contribution in [0.5, 0.6) is 11.5 Å². The van der Waals surface area contributed by atoms with E-state index in [0.717, 1.165) is 16.7 Å². The van der Waals surface area contributed by atoms with Gasteiger partial charge in [-0.15, -0.1) is 0 Å². The van der Waals surface area contributed by atoms with Crippen LogP contribution in [0.3, 0.4) is 0 Å². The molecular weight excluding hydrogens is 613 g/mol. The Morgan fingerprint density at radius 1 is 0.936 bits per heavy atom. The van der Waals surface area contributed by atoms with E-state index in [4.69, 9.17) is 14.2 Å². The quantitative estimate of drug-likeness (QED) is 0.149. The molecule has 0 amide bonds. The zero-order chi connectivity index (χ0) is 33.6. The Hall–Kier alpha value is -4.29. The fourth-order valence-electron chi connectivity index (χ4n) is 6.94. The lowest BCUT2D eigenvalue weighted by Gasteiger charge is -2.50. The Morgan fingerprint density at radius 2 is 1.49 bits per heavy atom. The van der Waals surface area contributed by atoms with Gasteiger partial charge in [-0.1, -0.05) is 81.9 Å². The van der Waals surface area contributed by atoms with Crippen molar-refractivity contribution in [3.63, 3.8) is 0 Å². The summed E-state index contributed by atoms with van der Waals surface area (Å²) in [6.07, 6.45) is 1.01. The number of aromatic nitrogens is 4. The lowest BCUT2D eigenvalue weighted by atomic mass is 9.57. The number of imidazole rings is 1. The van der Waals surface area contributed by atoms with E-state index in [0.29, 0.717) is 17.1 Å². The number of hydrogen-bond donors (Lipinski definition) is 3. The van der Waals surface area contributed by atoms with Gasteiger partial charge in [0.25, 0.3) is 5.56 Å². The van der Waals surface area contributed by atoms with Crippen LogP contribution in [0.4, 0.5) is 0 Å². The molecule has 0 saturated carbocycles. The molecule has 2 aromatic heterocycles. The molecule has 5 aromatic rings. The Balaban J connectivity index is 1.67. The average molecular weight is 654 g/mol. The lowest BCUT2D eigenvalue weighted by Crippen LogP contribution is -2.63. The second-order valence-corrected chi connectivity index (χ2v) is 16.6. The third-order valence-corrected chi connectivity index (χ3v) is 13.3. The van der Waals surface area contributed by atoms with Gasteiger partial charge in [-0.2, -0.15) is 0 Å². The number of nitrogens with one attached hydrogen (secondary N) is 1. The second kappa shape index (κ2) is 12.4. The summed E-state index contributed by atoms with van der Waals surface area (Å²) < 4.78 is 19.6. The number of nitrogens with zero attached hydrogens (tertiary/aromatic N) is 3. The van der Waals surface area contributed by atoms with Crippen LogP contribution >= 0.6 is 0 Å². The standard InChI is InChI=1S/C36H41N4O6Si/c1-34(2,3)47(6)33(42)30-35(43,20-28(46-30)40-22-39-29-31(40)37-21-38-32(29)41)36(23-10-8-7-9-11-23,24-12-16-26(44-4)17-13-24)25-14-18-27(45-5)19-15-25/h7-19,21-22,28,30,33,42-43H,20H2,1-6H3,(H,37,38,41)/t28-,30-,33?,35+/m1/s1. The van der Waals surface area contributed by atoms with Crippen molar-refractivity contribution in [3.8, 4) is 11.5 Å².